The Balaban J connectivity index is 2.98. The van der Waals surface area contributed by atoms with E-state index in [0.717, 1.165) is 0 Å². The zero-order valence-corrected chi connectivity index (χ0v) is 11.3. The fraction of sp³-hybridized carbons (Fsp3) is 0.667. The van der Waals surface area contributed by atoms with Crippen molar-refractivity contribution >= 4 is 0 Å². The van der Waals surface area contributed by atoms with Gasteiger partial charge in [-0.25, -0.2) is 0 Å². The molecule has 0 aliphatic carbocycles. The second kappa shape index (κ2) is 7.28. The summed E-state index contributed by atoms with van der Waals surface area (Å²) in [4.78, 5) is 14.2. The van der Waals surface area contributed by atoms with Crippen LogP contribution in [-0.2, 0) is 0 Å². The largest absolute Gasteiger partial charge is 0.454 e. The Labute approximate surface area is 114 Å². The molecule has 0 aliphatic heterocycles. The molecule has 11 nitrogen and oxygen atoms in total. The van der Waals surface area contributed by atoms with Crippen LogP contribution in [0.25, 0.3) is 10.4 Å². The monoisotopic (exact) mass is 284 g/mol. The zero-order chi connectivity index (χ0) is 15.1. The maximum atomic E-state index is 8.30. The normalized spacial score (nSPS) is 14.7. The molecule has 0 aliphatic rings. The molecule has 3 atom stereocenters. The van der Waals surface area contributed by atoms with Crippen molar-refractivity contribution < 1.29 is 14.2 Å². The summed E-state index contributed by atoms with van der Waals surface area (Å²) in [5.74, 6) is 0. The van der Waals surface area contributed by atoms with Gasteiger partial charge in [-0.1, -0.05) is 0 Å². The van der Waals surface area contributed by atoms with Gasteiger partial charge in [0.25, 0.3) is 0 Å². The predicted octanol–water partition coefficient (Wildman–Crippen LogP) is 0.274. The topological polar surface area (TPSA) is 167 Å². The highest BCUT2D eigenvalue weighted by atomic mass is 16.5. The van der Waals surface area contributed by atoms with Gasteiger partial charge in [0.1, 0.15) is 12.5 Å². The number of nitrogens with two attached hydrogens (primary N) is 2. The standard InChI is InChI=1S/C9H16N8O3/c1-4(10)18-7-13-8(19-5(2)11)15-9(14-7)20-6(3)16-17-12/h4-6H,10-11H2,1-3H3. The van der Waals surface area contributed by atoms with E-state index in [4.69, 9.17) is 31.2 Å². The first-order valence-electron chi connectivity index (χ1n) is 5.72. The Morgan fingerprint density at radius 3 is 1.70 bits per heavy atom. The van der Waals surface area contributed by atoms with Crippen molar-refractivity contribution in [2.24, 2.45) is 16.6 Å². The van der Waals surface area contributed by atoms with E-state index in [9.17, 15) is 0 Å². The Hall–Kier alpha value is -2.36. The van der Waals surface area contributed by atoms with Gasteiger partial charge in [0.2, 0.25) is 0 Å². The third-order valence-electron chi connectivity index (χ3n) is 1.65. The number of rotatable bonds is 7. The summed E-state index contributed by atoms with van der Waals surface area (Å²) in [6, 6.07) is -0.311. The number of nitrogens with zero attached hydrogens (tertiary/aromatic N) is 6. The third kappa shape index (κ3) is 5.52. The van der Waals surface area contributed by atoms with E-state index in [2.05, 4.69) is 25.0 Å². The molecule has 0 saturated heterocycles. The molecule has 110 valence electrons. The molecule has 1 aromatic heterocycles. The van der Waals surface area contributed by atoms with Crippen molar-refractivity contribution in [1.29, 1.82) is 0 Å². The minimum Gasteiger partial charge on any atom is -0.454 e. The summed E-state index contributed by atoms with van der Waals surface area (Å²) in [7, 11) is 0. The minimum absolute atomic E-state index is 0.0891. The molecular formula is C9H16N8O3. The van der Waals surface area contributed by atoms with Gasteiger partial charge in [0.05, 0.1) is 0 Å². The van der Waals surface area contributed by atoms with Crippen LogP contribution in [0.5, 0.6) is 18.0 Å². The molecule has 1 rings (SSSR count). The zero-order valence-electron chi connectivity index (χ0n) is 11.3. The first-order chi connectivity index (χ1) is 9.40. The quantitative estimate of drug-likeness (QED) is 0.311. The molecule has 0 aromatic carbocycles. The van der Waals surface area contributed by atoms with Gasteiger partial charge in [-0.05, 0) is 31.4 Å². The van der Waals surface area contributed by atoms with Crippen LogP contribution >= 0.6 is 0 Å². The maximum absolute atomic E-state index is 8.30. The highest BCUT2D eigenvalue weighted by Gasteiger charge is 2.14. The lowest BCUT2D eigenvalue weighted by molar-refractivity contribution is 0.164. The van der Waals surface area contributed by atoms with Crippen molar-refractivity contribution in [3.8, 4) is 18.0 Å². The van der Waals surface area contributed by atoms with Gasteiger partial charge < -0.3 is 14.2 Å². The summed E-state index contributed by atoms with van der Waals surface area (Å²) in [6.45, 7) is 4.71. The number of azide groups is 1. The van der Waals surface area contributed by atoms with Crippen molar-refractivity contribution in [2.45, 2.75) is 39.5 Å². The third-order valence-corrected chi connectivity index (χ3v) is 1.65. The minimum atomic E-state index is -0.811. The summed E-state index contributed by atoms with van der Waals surface area (Å²) in [6.07, 6.45) is -2.08. The molecule has 11 heteroatoms. The molecule has 1 aromatic rings. The van der Waals surface area contributed by atoms with Crippen molar-refractivity contribution in [3.63, 3.8) is 0 Å². The summed E-state index contributed by atoms with van der Waals surface area (Å²) in [5.41, 5.74) is 19.3. The lowest BCUT2D eigenvalue weighted by Gasteiger charge is -2.13. The average Bonchev–Trinajstić information content (AvgIpc) is 2.26. The number of hydrogen-bond acceptors (Lipinski definition) is 9. The molecule has 0 bridgehead atoms. The Morgan fingerprint density at radius 1 is 0.950 bits per heavy atom. The maximum Gasteiger partial charge on any atom is 0.327 e. The molecule has 20 heavy (non-hydrogen) atoms. The van der Waals surface area contributed by atoms with Crippen LogP contribution in [0.3, 0.4) is 0 Å². The van der Waals surface area contributed by atoms with Gasteiger partial charge in [0.15, 0.2) is 6.23 Å². The molecule has 0 fully saturated rings. The van der Waals surface area contributed by atoms with Gasteiger partial charge in [-0.2, -0.15) is 0 Å². The number of hydrogen-bond donors (Lipinski definition) is 2. The molecule has 0 amide bonds. The molecular weight excluding hydrogens is 268 g/mol. The van der Waals surface area contributed by atoms with Crippen molar-refractivity contribution in [3.05, 3.63) is 10.4 Å². The molecule has 0 saturated carbocycles. The fourth-order valence-corrected chi connectivity index (χ4v) is 1.06. The second-order valence-corrected chi connectivity index (χ2v) is 3.75. The van der Waals surface area contributed by atoms with Crippen LogP contribution in [0.2, 0.25) is 0 Å². The molecule has 4 N–H and O–H groups in total. The van der Waals surface area contributed by atoms with E-state index in [1.54, 1.807) is 13.8 Å². The summed E-state index contributed by atoms with van der Waals surface area (Å²) >= 11 is 0. The Bertz CT molecular complexity index is 460. The lowest BCUT2D eigenvalue weighted by Crippen LogP contribution is -2.26. The van der Waals surface area contributed by atoms with E-state index < -0.39 is 18.7 Å². The van der Waals surface area contributed by atoms with Gasteiger partial charge in [0, 0.05) is 4.91 Å². The number of ether oxygens (including phenoxy) is 3. The first kappa shape index (κ1) is 15.7. The smallest absolute Gasteiger partial charge is 0.327 e. The molecule has 3 unspecified atom stereocenters. The highest BCUT2D eigenvalue weighted by molar-refractivity contribution is 5.09. The average molecular weight is 284 g/mol. The van der Waals surface area contributed by atoms with Crippen LogP contribution in [0.1, 0.15) is 20.8 Å². The van der Waals surface area contributed by atoms with Crippen molar-refractivity contribution in [1.82, 2.24) is 15.0 Å². The van der Waals surface area contributed by atoms with Gasteiger partial charge >= 0.3 is 18.0 Å². The summed E-state index contributed by atoms with van der Waals surface area (Å²) in [5, 5.41) is 3.33. The second-order valence-electron chi connectivity index (χ2n) is 3.75. The summed E-state index contributed by atoms with van der Waals surface area (Å²) < 4.78 is 15.4. The molecule has 0 radical (unpaired) electrons. The SMILES string of the molecule is CC(N)Oc1nc(OC(C)N)nc(OC(C)N=[N+]=[N-])n1. The molecule has 0 spiro atoms. The van der Waals surface area contributed by atoms with Crippen LogP contribution in [0.4, 0.5) is 0 Å². The van der Waals surface area contributed by atoms with Crippen LogP contribution in [0, 0.1) is 0 Å². The number of aromatic nitrogens is 3. The Kier molecular flexibility index (Phi) is 5.72. The van der Waals surface area contributed by atoms with E-state index in [-0.39, 0.29) is 18.0 Å². The van der Waals surface area contributed by atoms with E-state index in [1.165, 1.54) is 6.92 Å². The lowest BCUT2D eigenvalue weighted by atomic mass is 10.7. The first-order valence-corrected chi connectivity index (χ1v) is 5.72. The van der Waals surface area contributed by atoms with Crippen molar-refractivity contribution in [2.75, 3.05) is 0 Å². The van der Waals surface area contributed by atoms with Crippen LogP contribution < -0.4 is 25.7 Å². The Morgan fingerprint density at radius 2 is 1.35 bits per heavy atom. The van der Waals surface area contributed by atoms with E-state index in [1.807, 2.05) is 0 Å². The predicted molar refractivity (Wildman–Crippen MR) is 67.6 cm³/mol. The van der Waals surface area contributed by atoms with E-state index >= 15 is 0 Å². The molecule has 1 heterocycles. The van der Waals surface area contributed by atoms with E-state index in [0.29, 0.717) is 0 Å². The fourth-order valence-electron chi connectivity index (χ4n) is 1.06. The van der Waals surface area contributed by atoms with Crippen LogP contribution in [-0.4, -0.2) is 33.6 Å². The van der Waals surface area contributed by atoms with Gasteiger partial charge in [-0.15, -0.1) is 15.0 Å². The highest BCUT2D eigenvalue weighted by Crippen LogP contribution is 2.16. The van der Waals surface area contributed by atoms with Gasteiger partial charge in [-0.3, -0.25) is 11.5 Å². The van der Waals surface area contributed by atoms with Crippen LogP contribution in [0.15, 0.2) is 5.11 Å².